The molecule has 0 aliphatic rings. The van der Waals surface area contributed by atoms with Gasteiger partial charge in [-0.15, -0.1) is 0 Å². The highest BCUT2D eigenvalue weighted by Gasteiger charge is 2.13. The Bertz CT molecular complexity index is 368. The number of carbonyl (C=O) groups is 2. The molecule has 0 unspecified atom stereocenters. The molecule has 0 bridgehead atoms. The molecule has 16 heavy (non-hydrogen) atoms. The predicted octanol–water partition coefficient (Wildman–Crippen LogP) is 1.94. The summed E-state index contributed by atoms with van der Waals surface area (Å²) in [6.07, 6.45) is 12.3. The molecule has 0 aliphatic carbocycles. The summed E-state index contributed by atoms with van der Waals surface area (Å²) in [6, 6.07) is 0. The normalized spacial score (nSPS) is 11.0. The minimum atomic E-state index is -1.47. The molecule has 0 aromatic heterocycles. The Morgan fingerprint density at radius 2 is 1.25 bits per heavy atom. The summed E-state index contributed by atoms with van der Waals surface area (Å²) >= 11 is 0. The van der Waals surface area contributed by atoms with Crippen LogP contribution in [0.3, 0.4) is 0 Å². The molecule has 2 N–H and O–H groups in total. The quantitative estimate of drug-likeness (QED) is 0.310. The van der Waals surface area contributed by atoms with Crippen molar-refractivity contribution in [3.63, 3.8) is 0 Å². The lowest BCUT2D eigenvalue weighted by atomic mass is 10.2. The van der Waals surface area contributed by atoms with Gasteiger partial charge in [-0.25, -0.2) is 9.59 Å². The second-order valence-electron chi connectivity index (χ2n) is 2.58. The molecule has 0 radical (unpaired) electrons. The van der Waals surface area contributed by atoms with Crippen LogP contribution in [0.4, 0.5) is 0 Å². The molecule has 0 rings (SSSR count). The van der Waals surface area contributed by atoms with Crippen molar-refractivity contribution in [1.82, 2.24) is 0 Å². The Morgan fingerprint density at radius 1 is 0.812 bits per heavy atom. The third kappa shape index (κ3) is 6.15. The maximum Gasteiger partial charge on any atom is 0.343 e. The van der Waals surface area contributed by atoms with E-state index in [2.05, 4.69) is 6.58 Å². The van der Waals surface area contributed by atoms with Crippen LogP contribution in [0.2, 0.25) is 0 Å². The van der Waals surface area contributed by atoms with Gasteiger partial charge in [0.05, 0.1) is 0 Å². The van der Waals surface area contributed by atoms with Crippen molar-refractivity contribution in [1.29, 1.82) is 0 Å². The number of rotatable bonds is 6. The van der Waals surface area contributed by atoms with Gasteiger partial charge in [0.1, 0.15) is 5.57 Å². The maximum atomic E-state index is 10.4. The Labute approximate surface area is 93.2 Å². The van der Waals surface area contributed by atoms with Gasteiger partial charge in [-0.1, -0.05) is 49.1 Å². The lowest BCUT2D eigenvalue weighted by Gasteiger charge is -1.90. The summed E-state index contributed by atoms with van der Waals surface area (Å²) in [5, 5.41) is 17.0. The Morgan fingerprint density at radius 3 is 1.69 bits per heavy atom. The van der Waals surface area contributed by atoms with E-state index in [4.69, 9.17) is 10.2 Å². The van der Waals surface area contributed by atoms with Crippen molar-refractivity contribution in [2.75, 3.05) is 0 Å². The van der Waals surface area contributed by atoms with Gasteiger partial charge in [0.25, 0.3) is 0 Å². The largest absolute Gasteiger partial charge is 0.477 e. The van der Waals surface area contributed by atoms with Crippen molar-refractivity contribution < 1.29 is 19.8 Å². The topological polar surface area (TPSA) is 74.6 Å². The van der Waals surface area contributed by atoms with Crippen molar-refractivity contribution in [2.45, 2.75) is 0 Å². The number of carboxylic acids is 2. The molecule has 0 saturated carbocycles. The van der Waals surface area contributed by atoms with Crippen molar-refractivity contribution in [3.8, 4) is 0 Å². The van der Waals surface area contributed by atoms with Crippen molar-refractivity contribution in [3.05, 3.63) is 60.8 Å². The molecular formula is C12H12O4. The van der Waals surface area contributed by atoms with E-state index in [0.29, 0.717) is 0 Å². The second-order valence-corrected chi connectivity index (χ2v) is 2.58. The molecule has 0 amide bonds. The first-order valence-corrected chi connectivity index (χ1v) is 4.39. The van der Waals surface area contributed by atoms with Crippen LogP contribution in [0.1, 0.15) is 0 Å². The number of hydrogen-bond acceptors (Lipinski definition) is 2. The summed E-state index contributed by atoms with van der Waals surface area (Å²) < 4.78 is 0. The number of allylic oxidation sites excluding steroid dienone is 8. The van der Waals surface area contributed by atoms with E-state index < -0.39 is 17.5 Å². The third-order valence-electron chi connectivity index (χ3n) is 1.42. The highest BCUT2D eigenvalue weighted by Crippen LogP contribution is 1.95. The smallest absolute Gasteiger partial charge is 0.343 e. The first kappa shape index (κ1) is 13.6. The highest BCUT2D eigenvalue weighted by atomic mass is 16.4. The standard InChI is InChI=1S/C12H12O4/c1-2-3-4-5-6-7-8-9-10(11(13)14)12(15)16/h2-9H,1H2,(H,13,14)(H,15,16). The van der Waals surface area contributed by atoms with Crippen LogP contribution in [0.15, 0.2) is 60.8 Å². The van der Waals surface area contributed by atoms with Crippen LogP contribution in [0.25, 0.3) is 0 Å². The first-order valence-electron chi connectivity index (χ1n) is 4.39. The van der Waals surface area contributed by atoms with E-state index in [1.165, 1.54) is 12.2 Å². The van der Waals surface area contributed by atoms with Crippen molar-refractivity contribution >= 4 is 11.9 Å². The van der Waals surface area contributed by atoms with Gasteiger partial charge in [-0.05, 0) is 6.08 Å². The zero-order chi connectivity index (χ0) is 12.4. The summed E-state index contributed by atoms with van der Waals surface area (Å²) in [5.74, 6) is -2.93. The van der Waals surface area contributed by atoms with E-state index in [0.717, 1.165) is 6.08 Å². The van der Waals surface area contributed by atoms with Gasteiger partial charge in [0.15, 0.2) is 0 Å². The molecule has 0 aromatic rings. The molecule has 0 fully saturated rings. The van der Waals surface area contributed by atoms with E-state index in [1.54, 1.807) is 30.4 Å². The molecule has 0 aliphatic heterocycles. The molecule has 0 saturated heterocycles. The fourth-order valence-corrected chi connectivity index (χ4v) is 0.721. The molecule has 0 aromatic carbocycles. The zero-order valence-corrected chi connectivity index (χ0v) is 8.54. The zero-order valence-electron chi connectivity index (χ0n) is 8.54. The fourth-order valence-electron chi connectivity index (χ4n) is 0.721. The lowest BCUT2D eigenvalue weighted by molar-refractivity contribution is -0.140. The van der Waals surface area contributed by atoms with E-state index in [9.17, 15) is 9.59 Å². The second kappa shape index (κ2) is 7.99. The van der Waals surface area contributed by atoms with Gasteiger partial charge in [-0.3, -0.25) is 0 Å². The van der Waals surface area contributed by atoms with Crippen LogP contribution in [-0.2, 0) is 9.59 Å². The Kier molecular flexibility index (Phi) is 6.81. The minimum Gasteiger partial charge on any atom is -0.477 e. The van der Waals surface area contributed by atoms with Crippen LogP contribution in [-0.4, -0.2) is 22.2 Å². The number of hydrogen-bond donors (Lipinski definition) is 2. The molecule has 0 heterocycles. The molecular weight excluding hydrogens is 208 g/mol. The molecule has 84 valence electrons. The highest BCUT2D eigenvalue weighted by molar-refractivity contribution is 6.12. The predicted molar refractivity (Wildman–Crippen MR) is 61.0 cm³/mol. The summed E-state index contributed by atoms with van der Waals surface area (Å²) in [6.45, 7) is 3.48. The Hall–Kier alpha value is -2.36. The average molecular weight is 220 g/mol. The van der Waals surface area contributed by atoms with Gasteiger partial charge in [0, 0.05) is 0 Å². The van der Waals surface area contributed by atoms with Crippen LogP contribution < -0.4 is 0 Å². The first-order chi connectivity index (χ1) is 7.59. The van der Waals surface area contributed by atoms with Crippen LogP contribution >= 0.6 is 0 Å². The fraction of sp³-hybridized carbons (Fsp3) is 0. The SMILES string of the molecule is C=CC=CC=CC=CC=C(C(=O)O)C(=O)O. The van der Waals surface area contributed by atoms with E-state index in [1.807, 2.05) is 0 Å². The monoisotopic (exact) mass is 220 g/mol. The van der Waals surface area contributed by atoms with Gasteiger partial charge < -0.3 is 10.2 Å². The van der Waals surface area contributed by atoms with Gasteiger partial charge in [0.2, 0.25) is 0 Å². The number of aliphatic carboxylic acids is 2. The minimum absolute atomic E-state index is 0.675. The molecule has 4 nitrogen and oxygen atoms in total. The molecule has 0 spiro atoms. The summed E-state index contributed by atoms with van der Waals surface area (Å²) in [7, 11) is 0. The Balaban J connectivity index is 4.44. The molecule has 0 atom stereocenters. The van der Waals surface area contributed by atoms with E-state index in [-0.39, 0.29) is 0 Å². The molecule has 4 heteroatoms. The van der Waals surface area contributed by atoms with Gasteiger partial charge in [-0.2, -0.15) is 0 Å². The third-order valence-corrected chi connectivity index (χ3v) is 1.42. The van der Waals surface area contributed by atoms with E-state index >= 15 is 0 Å². The number of carboxylic acid groups (broad SMARTS) is 2. The summed E-state index contributed by atoms with van der Waals surface area (Å²) in [5.41, 5.74) is -0.675. The lowest BCUT2D eigenvalue weighted by Crippen LogP contribution is -2.10. The average Bonchev–Trinajstić information content (AvgIpc) is 2.21. The van der Waals surface area contributed by atoms with Crippen LogP contribution in [0, 0.1) is 0 Å². The van der Waals surface area contributed by atoms with Crippen molar-refractivity contribution in [2.24, 2.45) is 0 Å². The summed E-state index contributed by atoms with van der Waals surface area (Å²) in [4.78, 5) is 20.8. The maximum absolute atomic E-state index is 10.4. The van der Waals surface area contributed by atoms with Gasteiger partial charge >= 0.3 is 11.9 Å². The van der Waals surface area contributed by atoms with Crippen LogP contribution in [0.5, 0.6) is 0 Å².